The maximum absolute atomic E-state index is 12.7. The number of halogens is 3. The van der Waals surface area contributed by atoms with Gasteiger partial charge in [-0.1, -0.05) is 19.8 Å². The number of alkyl halides is 3. The summed E-state index contributed by atoms with van der Waals surface area (Å²) in [6.45, 7) is 5.30. The summed E-state index contributed by atoms with van der Waals surface area (Å²) in [5.74, 6) is 0.924. The van der Waals surface area contributed by atoms with Gasteiger partial charge in [0.1, 0.15) is 0 Å². The van der Waals surface area contributed by atoms with Gasteiger partial charge >= 0.3 is 6.18 Å². The van der Waals surface area contributed by atoms with Gasteiger partial charge in [-0.2, -0.15) is 13.2 Å². The quantitative estimate of drug-likeness (QED) is 0.533. The Morgan fingerprint density at radius 3 is 2.13 bits per heavy atom. The van der Waals surface area contributed by atoms with Crippen molar-refractivity contribution < 1.29 is 26.7 Å². The minimum absolute atomic E-state index is 0.111. The highest BCUT2D eigenvalue weighted by molar-refractivity contribution is 7.89. The number of hydrogen-bond donors (Lipinski definition) is 1. The number of hydrogen-bond acceptors (Lipinski definition) is 4. The lowest BCUT2D eigenvalue weighted by Gasteiger charge is -2.31. The highest BCUT2D eigenvalue weighted by atomic mass is 32.2. The summed E-state index contributed by atoms with van der Waals surface area (Å²) in [4.78, 5) is 2.13. The van der Waals surface area contributed by atoms with Crippen LogP contribution in [0.1, 0.15) is 51.0 Å². The lowest BCUT2D eigenvalue weighted by Crippen LogP contribution is -2.33. The highest BCUT2D eigenvalue weighted by Gasteiger charge is 2.32. The van der Waals surface area contributed by atoms with Gasteiger partial charge in [-0.15, -0.1) is 0 Å². The van der Waals surface area contributed by atoms with E-state index in [0.29, 0.717) is 19.0 Å². The summed E-state index contributed by atoms with van der Waals surface area (Å²) in [6, 6.07) is 3.68. The fourth-order valence-corrected chi connectivity index (χ4v) is 5.58. The number of likely N-dealkylation sites (N-methyl/N-ethyl adjacent to an activating group) is 1. The molecule has 1 N–H and O–H groups in total. The van der Waals surface area contributed by atoms with E-state index in [4.69, 9.17) is 5.11 Å². The van der Waals surface area contributed by atoms with Crippen LogP contribution in [-0.4, -0.2) is 62.6 Å². The molecular weight excluding hydrogens is 429 g/mol. The molecule has 1 fully saturated rings. The van der Waals surface area contributed by atoms with Gasteiger partial charge in [-0.25, -0.2) is 12.7 Å². The van der Waals surface area contributed by atoms with E-state index < -0.39 is 21.8 Å². The summed E-state index contributed by atoms with van der Waals surface area (Å²) in [5.41, 5.74) is -0.856. The average Bonchev–Trinajstić information content (AvgIpc) is 2.73. The molecule has 0 bridgehead atoms. The monoisotopic (exact) mass is 464 g/mol. The van der Waals surface area contributed by atoms with Crippen LogP contribution in [-0.2, 0) is 16.2 Å². The van der Waals surface area contributed by atoms with Crippen molar-refractivity contribution in [1.82, 2.24) is 9.21 Å². The zero-order chi connectivity index (χ0) is 23.1. The van der Waals surface area contributed by atoms with E-state index in [9.17, 15) is 21.6 Å². The van der Waals surface area contributed by atoms with Crippen LogP contribution in [0.25, 0.3) is 0 Å². The van der Waals surface area contributed by atoms with Crippen molar-refractivity contribution in [3.63, 3.8) is 0 Å². The van der Waals surface area contributed by atoms with Crippen molar-refractivity contribution in [2.24, 2.45) is 11.8 Å². The molecule has 0 atom stereocenters. The number of rotatable bonds is 11. The third kappa shape index (κ3) is 7.73. The van der Waals surface area contributed by atoms with Gasteiger partial charge in [0.2, 0.25) is 10.0 Å². The molecule has 31 heavy (non-hydrogen) atoms. The standard InChI is InChI=1S/C22H35F3N2O3S/c1-3-27(15-16-28)14-4-5-18-6-8-19(9-7-18)17-26(2)31(29,30)21-12-10-20(11-13-21)22(23,24)25/h10-13,18-19,28H,3-9,14-17H2,1-2H3. The van der Waals surface area contributed by atoms with E-state index in [1.54, 1.807) is 0 Å². The van der Waals surface area contributed by atoms with Crippen LogP contribution in [0.5, 0.6) is 0 Å². The summed E-state index contributed by atoms with van der Waals surface area (Å²) in [7, 11) is -2.31. The molecule has 5 nitrogen and oxygen atoms in total. The molecule has 0 saturated heterocycles. The molecule has 0 amide bonds. The predicted molar refractivity (Wildman–Crippen MR) is 115 cm³/mol. The van der Waals surface area contributed by atoms with Crippen molar-refractivity contribution in [3.8, 4) is 0 Å². The lowest BCUT2D eigenvalue weighted by atomic mass is 9.80. The van der Waals surface area contributed by atoms with Gasteiger partial charge in [-0.3, -0.25) is 0 Å². The van der Waals surface area contributed by atoms with Crippen LogP contribution in [0.2, 0.25) is 0 Å². The van der Waals surface area contributed by atoms with Crippen LogP contribution in [0.4, 0.5) is 13.2 Å². The number of benzene rings is 1. The second-order valence-electron chi connectivity index (χ2n) is 8.49. The molecule has 1 aliphatic carbocycles. The number of nitrogens with zero attached hydrogens (tertiary/aromatic N) is 2. The molecule has 1 aliphatic rings. The maximum atomic E-state index is 12.7. The van der Waals surface area contributed by atoms with E-state index in [1.165, 1.54) is 11.4 Å². The van der Waals surface area contributed by atoms with E-state index in [2.05, 4.69) is 11.8 Å². The van der Waals surface area contributed by atoms with Gasteiger partial charge in [0.15, 0.2) is 0 Å². The predicted octanol–water partition coefficient (Wildman–Crippen LogP) is 4.23. The number of aliphatic hydroxyl groups is 1. The maximum Gasteiger partial charge on any atom is 0.416 e. The minimum atomic E-state index is -4.49. The Hall–Kier alpha value is -1.16. The van der Waals surface area contributed by atoms with Crippen molar-refractivity contribution >= 4 is 10.0 Å². The second kappa shape index (κ2) is 11.6. The minimum Gasteiger partial charge on any atom is -0.395 e. The number of aliphatic hydroxyl groups excluding tert-OH is 1. The van der Waals surface area contributed by atoms with Gasteiger partial charge in [0, 0.05) is 20.1 Å². The summed E-state index contributed by atoms with van der Waals surface area (Å²) < 4.78 is 64.9. The van der Waals surface area contributed by atoms with Crippen LogP contribution in [0.15, 0.2) is 29.2 Å². The van der Waals surface area contributed by atoms with Gasteiger partial charge in [0.05, 0.1) is 17.1 Å². The third-order valence-corrected chi connectivity index (χ3v) is 8.16. The molecule has 0 radical (unpaired) electrons. The largest absolute Gasteiger partial charge is 0.416 e. The molecule has 0 heterocycles. The average molecular weight is 465 g/mol. The van der Waals surface area contributed by atoms with Crippen LogP contribution < -0.4 is 0 Å². The van der Waals surface area contributed by atoms with E-state index >= 15 is 0 Å². The molecule has 0 spiro atoms. The van der Waals surface area contributed by atoms with Crippen molar-refractivity contribution in [1.29, 1.82) is 0 Å². The molecule has 1 aromatic carbocycles. The van der Waals surface area contributed by atoms with E-state index in [1.807, 2.05) is 0 Å². The van der Waals surface area contributed by atoms with E-state index in [-0.39, 0.29) is 17.4 Å². The van der Waals surface area contributed by atoms with Crippen LogP contribution in [0.3, 0.4) is 0 Å². The summed E-state index contributed by atoms with van der Waals surface area (Å²) >= 11 is 0. The molecule has 2 rings (SSSR count). The van der Waals surface area contributed by atoms with Crippen molar-refractivity contribution in [3.05, 3.63) is 29.8 Å². The Labute approximate surface area is 184 Å². The van der Waals surface area contributed by atoms with Gasteiger partial charge < -0.3 is 10.0 Å². The summed E-state index contributed by atoms with van der Waals surface area (Å²) in [5, 5.41) is 9.06. The zero-order valence-corrected chi connectivity index (χ0v) is 19.3. The third-order valence-electron chi connectivity index (χ3n) is 6.32. The molecule has 178 valence electrons. The van der Waals surface area contributed by atoms with Crippen LogP contribution >= 0.6 is 0 Å². The molecule has 1 saturated carbocycles. The SMILES string of the molecule is CCN(CCO)CCCC1CCC(CN(C)S(=O)(=O)c2ccc(C(F)(F)F)cc2)CC1. The Morgan fingerprint density at radius 1 is 1.03 bits per heavy atom. The lowest BCUT2D eigenvalue weighted by molar-refractivity contribution is -0.137. The fourth-order valence-electron chi connectivity index (χ4n) is 4.33. The van der Waals surface area contributed by atoms with Gasteiger partial charge in [0.25, 0.3) is 0 Å². The summed E-state index contributed by atoms with van der Waals surface area (Å²) in [6.07, 6.45) is 1.84. The smallest absolute Gasteiger partial charge is 0.395 e. The zero-order valence-electron chi connectivity index (χ0n) is 18.4. The first-order chi connectivity index (χ1) is 14.6. The number of sulfonamides is 1. The second-order valence-corrected chi connectivity index (χ2v) is 10.5. The Morgan fingerprint density at radius 2 is 1.61 bits per heavy atom. The molecule has 0 unspecified atom stereocenters. The normalized spacial score (nSPS) is 20.5. The first-order valence-electron chi connectivity index (χ1n) is 11.0. The first-order valence-corrected chi connectivity index (χ1v) is 12.5. The van der Waals surface area contributed by atoms with Crippen molar-refractivity contribution in [2.45, 2.75) is 56.5 Å². The molecule has 1 aromatic rings. The highest BCUT2D eigenvalue weighted by Crippen LogP contribution is 2.33. The van der Waals surface area contributed by atoms with E-state index in [0.717, 1.165) is 75.9 Å². The van der Waals surface area contributed by atoms with Crippen molar-refractivity contribution in [2.75, 3.05) is 39.8 Å². The topological polar surface area (TPSA) is 60.9 Å². The fraction of sp³-hybridized carbons (Fsp3) is 0.727. The van der Waals surface area contributed by atoms with Gasteiger partial charge in [-0.05, 0) is 74.9 Å². The Kier molecular flexibility index (Phi) is 9.79. The molecular formula is C22H35F3N2O3S. The first kappa shape index (κ1) is 26.1. The molecule has 0 aromatic heterocycles. The Bertz CT molecular complexity index is 761. The molecule has 0 aliphatic heterocycles. The van der Waals surface area contributed by atoms with Crippen LogP contribution in [0, 0.1) is 11.8 Å². The Balaban J connectivity index is 1.81. The molecule has 9 heteroatoms.